The number of aromatic nitrogens is 3. The minimum Gasteiger partial charge on any atom is -0.310 e. The first-order valence-corrected chi connectivity index (χ1v) is 6.97. The first-order chi connectivity index (χ1) is 10.3. The molecule has 0 atom stereocenters. The number of nitrogens with zero attached hydrogens (tertiary/aromatic N) is 3. The highest BCUT2D eigenvalue weighted by Gasteiger charge is 2.14. The van der Waals surface area contributed by atoms with E-state index in [9.17, 15) is 4.79 Å². The molecule has 2 aromatic heterocycles. The molecule has 0 aliphatic rings. The van der Waals surface area contributed by atoms with Crippen molar-refractivity contribution in [1.29, 1.82) is 0 Å². The Bertz CT molecular complexity index is 764. The second-order valence-corrected chi connectivity index (χ2v) is 4.74. The number of hydrogen-bond acceptors (Lipinski definition) is 3. The molecule has 106 valence electrons. The van der Waals surface area contributed by atoms with E-state index in [1.165, 1.54) is 0 Å². The Kier molecular flexibility index (Phi) is 3.64. The molecule has 0 bridgehead atoms. The molecule has 3 aromatic rings. The van der Waals surface area contributed by atoms with Crippen molar-refractivity contribution >= 4 is 22.9 Å². The van der Waals surface area contributed by atoms with Gasteiger partial charge in [0.2, 0.25) is 5.95 Å². The molecule has 0 spiro atoms. The van der Waals surface area contributed by atoms with Crippen LogP contribution in [-0.4, -0.2) is 20.4 Å². The molecule has 2 heterocycles. The summed E-state index contributed by atoms with van der Waals surface area (Å²) in [6, 6.07) is 13.1. The van der Waals surface area contributed by atoms with Crippen molar-refractivity contribution < 1.29 is 4.79 Å². The van der Waals surface area contributed by atoms with Gasteiger partial charge in [0.05, 0.1) is 11.0 Å². The van der Waals surface area contributed by atoms with Crippen LogP contribution >= 0.6 is 0 Å². The zero-order chi connectivity index (χ0) is 14.7. The van der Waals surface area contributed by atoms with Crippen molar-refractivity contribution in [3.8, 4) is 0 Å². The molecule has 0 aliphatic heterocycles. The van der Waals surface area contributed by atoms with Gasteiger partial charge in [-0.1, -0.05) is 25.1 Å². The fourth-order valence-corrected chi connectivity index (χ4v) is 2.28. The largest absolute Gasteiger partial charge is 0.310 e. The average molecular weight is 280 g/mol. The third kappa shape index (κ3) is 2.63. The predicted octanol–water partition coefficient (Wildman–Crippen LogP) is 3.09. The van der Waals surface area contributed by atoms with Gasteiger partial charge < -0.3 is 4.57 Å². The van der Waals surface area contributed by atoms with Gasteiger partial charge in [0.25, 0.3) is 5.91 Å². The fourth-order valence-electron chi connectivity index (χ4n) is 2.28. The fraction of sp³-hybridized carbons (Fsp3) is 0.188. The van der Waals surface area contributed by atoms with E-state index in [0.717, 1.165) is 24.0 Å². The van der Waals surface area contributed by atoms with Crippen LogP contribution in [0.4, 0.5) is 5.95 Å². The highest BCUT2D eigenvalue weighted by molar-refractivity contribution is 6.02. The van der Waals surface area contributed by atoms with Crippen LogP contribution in [0.25, 0.3) is 11.0 Å². The van der Waals surface area contributed by atoms with Crippen LogP contribution in [0.15, 0.2) is 48.7 Å². The summed E-state index contributed by atoms with van der Waals surface area (Å²) in [5, 5.41) is 2.85. The number of anilines is 1. The molecule has 0 unspecified atom stereocenters. The molecular weight excluding hydrogens is 264 g/mol. The lowest BCUT2D eigenvalue weighted by Crippen LogP contribution is -2.17. The third-order valence-electron chi connectivity index (χ3n) is 3.22. The van der Waals surface area contributed by atoms with E-state index in [1.54, 1.807) is 24.4 Å². The topological polar surface area (TPSA) is 59.8 Å². The summed E-state index contributed by atoms with van der Waals surface area (Å²) in [5.74, 6) is 0.317. The van der Waals surface area contributed by atoms with Gasteiger partial charge in [-0.15, -0.1) is 0 Å². The first-order valence-electron chi connectivity index (χ1n) is 6.97. The van der Waals surface area contributed by atoms with Crippen LogP contribution in [0.1, 0.15) is 23.8 Å². The molecule has 1 N–H and O–H groups in total. The normalized spacial score (nSPS) is 10.7. The second kappa shape index (κ2) is 5.75. The summed E-state index contributed by atoms with van der Waals surface area (Å²) in [6.45, 7) is 2.90. The van der Waals surface area contributed by atoms with E-state index in [0.29, 0.717) is 11.6 Å². The quantitative estimate of drug-likeness (QED) is 0.799. The van der Waals surface area contributed by atoms with Gasteiger partial charge >= 0.3 is 0 Å². The number of carbonyl (C=O) groups is 1. The number of rotatable bonds is 4. The molecule has 3 rings (SSSR count). The van der Waals surface area contributed by atoms with Crippen LogP contribution < -0.4 is 5.32 Å². The van der Waals surface area contributed by atoms with Gasteiger partial charge in [-0.05, 0) is 30.7 Å². The van der Waals surface area contributed by atoms with Crippen molar-refractivity contribution in [2.45, 2.75) is 19.9 Å². The number of nitrogens with one attached hydrogen (secondary N) is 1. The van der Waals surface area contributed by atoms with Crippen molar-refractivity contribution in [1.82, 2.24) is 14.5 Å². The van der Waals surface area contributed by atoms with Gasteiger partial charge in [-0.25, -0.2) is 4.98 Å². The summed E-state index contributed by atoms with van der Waals surface area (Å²) in [4.78, 5) is 20.8. The lowest BCUT2D eigenvalue weighted by molar-refractivity contribution is 0.102. The Hall–Kier alpha value is -2.69. The molecule has 0 aliphatic carbocycles. The number of imidazole rings is 1. The number of amides is 1. The van der Waals surface area contributed by atoms with Crippen LogP contribution in [0.2, 0.25) is 0 Å². The van der Waals surface area contributed by atoms with Gasteiger partial charge in [-0.2, -0.15) is 0 Å². The van der Waals surface area contributed by atoms with E-state index in [2.05, 4.69) is 22.2 Å². The molecule has 0 fully saturated rings. The lowest BCUT2D eigenvalue weighted by Gasteiger charge is -2.08. The number of para-hydroxylation sites is 2. The molecule has 0 saturated heterocycles. The van der Waals surface area contributed by atoms with Crippen LogP contribution in [0.5, 0.6) is 0 Å². The summed E-state index contributed by atoms with van der Waals surface area (Å²) < 4.78 is 2.02. The van der Waals surface area contributed by atoms with E-state index >= 15 is 0 Å². The second-order valence-electron chi connectivity index (χ2n) is 4.74. The Balaban J connectivity index is 1.96. The first kappa shape index (κ1) is 13.3. The molecule has 5 nitrogen and oxygen atoms in total. The maximum atomic E-state index is 12.2. The summed E-state index contributed by atoms with van der Waals surface area (Å²) in [5.41, 5.74) is 2.28. The lowest BCUT2D eigenvalue weighted by atomic mass is 10.3. The third-order valence-corrected chi connectivity index (χ3v) is 3.22. The zero-order valence-corrected chi connectivity index (χ0v) is 11.8. The molecule has 1 aromatic carbocycles. The molecular formula is C16H16N4O. The van der Waals surface area contributed by atoms with Crippen molar-refractivity contribution in [3.63, 3.8) is 0 Å². The van der Waals surface area contributed by atoms with Crippen LogP contribution in [0.3, 0.4) is 0 Å². The van der Waals surface area contributed by atoms with Crippen LogP contribution in [0, 0.1) is 0 Å². The molecule has 0 radical (unpaired) electrons. The molecule has 5 heteroatoms. The Morgan fingerprint density at radius 1 is 1.19 bits per heavy atom. The number of benzene rings is 1. The number of carbonyl (C=O) groups excluding carboxylic acids is 1. The number of aryl methyl sites for hydroxylation is 1. The van der Waals surface area contributed by atoms with Crippen molar-refractivity contribution in [2.75, 3.05) is 5.32 Å². The predicted molar refractivity (Wildman–Crippen MR) is 82.2 cm³/mol. The number of hydrogen-bond donors (Lipinski definition) is 1. The summed E-state index contributed by atoms with van der Waals surface area (Å²) >= 11 is 0. The highest BCUT2D eigenvalue weighted by Crippen LogP contribution is 2.20. The maximum absolute atomic E-state index is 12.2. The monoisotopic (exact) mass is 280 g/mol. The van der Waals surface area contributed by atoms with Gasteiger partial charge in [0.15, 0.2) is 0 Å². The average Bonchev–Trinajstić information content (AvgIpc) is 2.86. The Morgan fingerprint density at radius 2 is 2.00 bits per heavy atom. The minimum absolute atomic E-state index is 0.247. The van der Waals surface area contributed by atoms with E-state index in [-0.39, 0.29) is 5.91 Å². The van der Waals surface area contributed by atoms with Crippen molar-refractivity contribution in [3.05, 3.63) is 54.4 Å². The van der Waals surface area contributed by atoms with Gasteiger partial charge in [0.1, 0.15) is 5.69 Å². The number of pyridine rings is 1. The van der Waals surface area contributed by atoms with Gasteiger partial charge in [0, 0.05) is 12.7 Å². The van der Waals surface area contributed by atoms with E-state index < -0.39 is 0 Å². The van der Waals surface area contributed by atoms with Crippen LogP contribution in [-0.2, 0) is 6.54 Å². The highest BCUT2D eigenvalue weighted by atomic mass is 16.2. The van der Waals surface area contributed by atoms with Crippen molar-refractivity contribution in [2.24, 2.45) is 0 Å². The molecule has 21 heavy (non-hydrogen) atoms. The summed E-state index contributed by atoms with van der Waals surface area (Å²) in [6.07, 6.45) is 2.57. The number of fused-ring (bicyclic) bond motifs is 1. The molecule has 1 amide bonds. The minimum atomic E-state index is -0.247. The zero-order valence-electron chi connectivity index (χ0n) is 11.8. The van der Waals surface area contributed by atoms with E-state index in [4.69, 9.17) is 0 Å². The standard InChI is InChI=1S/C16H16N4O/c1-2-11-20-14-9-4-3-7-12(14)18-16(20)19-15(21)13-8-5-6-10-17-13/h3-10H,2,11H2,1H3,(H,18,19,21). The smallest absolute Gasteiger partial charge is 0.276 e. The van der Waals surface area contributed by atoms with Gasteiger partial charge in [-0.3, -0.25) is 15.1 Å². The van der Waals surface area contributed by atoms with E-state index in [1.807, 2.05) is 28.8 Å². The summed E-state index contributed by atoms with van der Waals surface area (Å²) in [7, 11) is 0. The Labute approximate surface area is 122 Å². The maximum Gasteiger partial charge on any atom is 0.276 e. The Morgan fingerprint density at radius 3 is 2.76 bits per heavy atom. The molecule has 0 saturated carbocycles. The SMILES string of the molecule is CCCn1c(NC(=O)c2ccccn2)nc2ccccc21.